The smallest absolute Gasteiger partial charge is 0.374 e. The summed E-state index contributed by atoms with van der Waals surface area (Å²) in [4.78, 5) is 10.5. The van der Waals surface area contributed by atoms with Crippen LogP contribution < -0.4 is 0 Å². The third-order valence-electron chi connectivity index (χ3n) is 1.98. The normalized spacial score (nSPS) is 10.5. The van der Waals surface area contributed by atoms with Crippen LogP contribution in [0.5, 0.6) is 0 Å². The van der Waals surface area contributed by atoms with Crippen molar-refractivity contribution in [2.75, 3.05) is 0 Å². The first-order valence-electron chi connectivity index (χ1n) is 4.34. The summed E-state index contributed by atoms with van der Waals surface area (Å²) in [6, 6.07) is 2.72. The predicted molar refractivity (Wildman–Crippen MR) is 53.8 cm³/mol. The average Bonchev–Trinajstić information content (AvgIpc) is 2.65. The molecule has 4 nitrogen and oxygen atoms in total. The molecule has 1 heterocycles. The number of aromatic nitrogens is 1. The van der Waals surface area contributed by atoms with E-state index in [2.05, 4.69) is 9.68 Å². The van der Waals surface area contributed by atoms with Crippen molar-refractivity contribution < 1.29 is 23.2 Å². The topological polar surface area (TPSA) is 63.3 Å². The summed E-state index contributed by atoms with van der Waals surface area (Å²) < 4.78 is 31.3. The van der Waals surface area contributed by atoms with Gasteiger partial charge in [0.1, 0.15) is 17.3 Å². The van der Waals surface area contributed by atoms with Crippen molar-refractivity contribution in [2.24, 2.45) is 0 Å². The lowest BCUT2D eigenvalue weighted by molar-refractivity contribution is 0.0652. The third kappa shape index (κ3) is 2.12. The van der Waals surface area contributed by atoms with E-state index >= 15 is 0 Å². The van der Waals surface area contributed by atoms with Gasteiger partial charge < -0.3 is 9.63 Å². The fourth-order valence-corrected chi connectivity index (χ4v) is 1.47. The first-order chi connectivity index (χ1) is 7.99. The third-order valence-corrected chi connectivity index (χ3v) is 2.20. The molecule has 1 aromatic heterocycles. The Bertz CT molecular complexity index is 574. The zero-order valence-electron chi connectivity index (χ0n) is 8.08. The Morgan fingerprint density at radius 3 is 2.35 bits per heavy atom. The van der Waals surface area contributed by atoms with Crippen molar-refractivity contribution in [3.8, 4) is 11.3 Å². The van der Waals surface area contributed by atoms with E-state index in [1.165, 1.54) is 0 Å². The van der Waals surface area contributed by atoms with Crippen LogP contribution in [0, 0.1) is 11.6 Å². The van der Waals surface area contributed by atoms with Crippen LogP contribution in [0.4, 0.5) is 8.78 Å². The molecule has 0 aliphatic carbocycles. The van der Waals surface area contributed by atoms with E-state index in [0.29, 0.717) is 0 Å². The van der Waals surface area contributed by atoms with Gasteiger partial charge in [-0.2, -0.15) is 0 Å². The number of benzene rings is 1. The van der Waals surface area contributed by atoms with Crippen LogP contribution in [0.2, 0.25) is 5.02 Å². The molecule has 0 aliphatic heterocycles. The SMILES string of the molecule is O=C(O)c1cc(-c2c(F)cc(Cl)cc2F)no1. The van der Waals surface area contributed by atoms with Crippen LogP contribution >= 0.6 is 11.6 Å². The summed E-state index contributed by atoms with van der Waals surface area (Å²) in [5.41, 5.74) is -0.722. The Balaban J connectivity index is 2.56. The lowest BCUT2D eigenvalue weighted by Crippen LogP contribution is -1.92. The van der Waals surface area contributed by atoms with E-state index in [-0.39, 0.29) is 10.7 Å². The molecule has 0 saturated heterocycles. The molecule has 0 fully saturated rings. The van der Waals surface area contributed by atoms with Gasteiger partial charge in [0.2, 0.25) is 5.76 Å². The average molecular weight is 260 g/mol. The summed E-state index contributed by atoms with van der Waals surface area (Å²) >= 11 is 5.45. The summed E-state index contributed by atoms with van der Waals surface area (Å²) in [6.07, 6.45) is 0. The van der Waals surface area contributed by atoms with Crippen LogP contribution in [0.3, 0.4) is 0 Å². The first kappa shape index (κ1) is 11.5. The van der Waals surface area contributed by atoms with Gasteiger partial charge in [-0.3, -0.25) is 0 Å². The molecule has 7 heteroatoms. The number of carbonyl (C=O) groups is 1. The lowest BCUT2D eigenvalue weighted by atomic mass is 10.1. The van der Waals surface area contributed by atoms with Gasteiger partial charge >= 0.3 is 5.97 Å². The number of rotatable bonds is 2. The molecule has 1 aromatic carbocycles. The molecule has 0 saturated carbocycles. The lowest BCUT2D eigenvalue weighted by Gasteiger charge is -2.00. The van der Waals surface area contributed by atoms with Gasteiger partial charge in [-0.05, 0) is 12.1 Å². The van der Waals surface area contributed by atoms with E-state index in [0.717, 1.165) is 18.2 Å². The van der Waals surface area contributed by atoms with Crippen molar-refractivity contribution in [3.05, 3.63) is 40.6 Å². The van der Waals surface area contributed by atoms with Crippen LogP contribution in [-0.4, -0.2) is 16.2 Å². The van der Waals surface area contributed by atoms with E-state index in [4.69, 9.17) is 16.7 Å². The summed E-state index contributed by atoms with van der Waals surface area (Å²) in [7, 11) is 0. The molecule has 1 N–H and O–H groups in total. The molecule has 88 valence electrons. The highest BCUT2D eigenvalue weighted by Gasteiger charge is 2.19. The molecule has 2 aromatic rings. The molecule has 17 heavy (non-hydrogen) atoms. The fourth-order valence-electron chi connectivity index (χ4n) is 1.28. The zero-order chi connectivity index (χ0) is 12.6. The molecule has 2 rings (SSSR count). The molecule has 0 unspecified atom stereocenters. The van der Waals surface area contributed by atoms with Gasteiger partial charge in [-0.1, -0.05) is 16.8 Å². The molecule has 0 atom stereocenters. The van der Waals surface area contributed by atoms with Crippen molar-refractivity contribution in [3.63, 3.8) is 0 Å². The maximum Gasteiger partial charge on any atom is 0.374 e. The number of carboxylic acids is 1. The highest BCUT2D eigenvalue weighted by Crippen LogP contribution is 2.28. The zero-order valence-corrected chi connectivity index (χ0v) is 8.83. The summed E-state index contributed by atoms with van der Waals surface area (Å²) in [5.74, 6) is -3.77. The number of halogens is 3. The Kier molecular flexibility index (Phi) is 2.81. The van der Waals surface area contributed by atoms with Gasteiger partial charge in [0.25, 0.3) is 0 Å². The minimum Gasteiger partial charge on any atom is -0.475 e. The monoisotopic (exact) mass is 259 g/mol. The number of nitrogens with zero attached hydrogens (tertiary/aromatic N) is 1. The predicted octanol–water partition coefficient (Wildman–Crippen LogP) is 2.97. The molecular formula is C10H4ClF2NO3. The Labute approximate surface area is 98.4 Å². The maximum absolute atomic E-state index is 13.5. The van der Waals surface area contributed by atoms with Gasteiger partial charge in [0.05, 0.1) is 5.56 Å². The van der Waals surface area contributed by atoms with Crippen LogP contribution in [0.15, 0.2) is 22.7 Å². The minimum atomic E-state index is -1.38. The van der Waals surface area contributed by atoms with Gasteiger partial charge in [0, 0.05) is 11.1 Å². The van der Waals surface area contributed by atoms with E-state index < -0.39 is 28.9 Å². The second-order valence-corrected chi connectivity index (χ2v) is 3.56. The fraction of sp³-hybridized carbons (Fsp3) is 0. The standard InChI is InChI=1S/C10H4ClF2NO3/c11-4-1-5(12)9(6(13)2-4)7-3-8(10(15)16)17-14-7/h1-3H,(H,15,16). The first-order valence-corrected chi connectivity index (χ1v) is 4.71. The van der Waals surface area contributed by atoms with Gasteiger partial charge in [-0.25, -0.2) is 13.6 Å². The molecule has 0 amide bonds. The van der Waals surface area contributed by atoms with Gasteiger partial charge in [0.15, 0.2) is 0 Å². The van der Waals surface area contributed by atoms with E-state index in [1.807, 2.05) is 0 Å². The Morgan fingerprint density at radius 1 is 1.29 bits per heavy atom. The largest absolute Gasteiger partial charge is 0.475 e. The summed E-state index contributed by atoms with van der Waals surface area (Å²) in [5, 5.41) is 11.8. The number of hydrogen-bond acceptors (Lipinski definition) is 3. The van der Waals surface area contributed by atoms with Crippen LogP contribution in [0.1, 0.15) is 10.6 Å². The number of aromatic carboxylic acids is 1. The van der Waals surface area contributed by atoms with Gasteiger partial charge in [-0.15, -0.1) is 0 Å². The van der Waals surface area contributed by atoms with Crippen molar-refractivity contribution in [1.82, 2.24) is 5.16 Å². The van der Waals surface area contributed by atoms with E-state index in [1.54, 1.807) is 0 Å². The second kappa shape index (κ2) is 4.14. The number of carboxylic acid groups (broad SMARTS) is 1. The summed E-state index contributed by atoms with van der Waals surface area (Å²) in [6.45, 7) is 0. The van der Waals surface area contributed by atoms with E-state index in [9.17, 15) is 13.6 Å². The number of hydrogen-bond donors (Lipinski definition) is 1. The molecule has 0 aliphatic rings. The molecule has 0 bridgehead atoms. The molecular weight excluding hydrogens is 256 g/mol. The van der Waals surface area contributed by atoms with Crippen molar-refractivity contribution >= 4 is 17.6 Å². The maximum atomic E-state index is 13.5. The van der Waals surface area contributed by atoms with Crippen LogP contribution in [-0.2, 0) is 0 Å². The highest BCUT2D eigenvalue weighted by atomic mass is 35.5. The molecule has 0 radical (unpaired) electrons. The Hall–Kier alpha value is -1.95. The Morgan fingerprint density at radius 2 is 1.88 bits per heavy atom. The molecule has 0 spiro atoms. The second-order valence-electron chi connectivity index (χ2n) is 3.13. The quantitative estimate of drug-likeness (QED) is 0.900. The van der Waals surface area contributed by atoms with Crippen molar-refractivity contribution in [2.45, 2.75) is 0 Å². The van der Waals surface area contributed by atoms with Crippen molar-refractivity contribution in [1.29, 1.82) is 0 Å². The minimum absolute atomic E-state index is 0.106. The highest BCUT2D eigenvalue weighted by molar-refractivity contribution is 6.30. The van der Waals surface area contributed by atoms with Crippen LogP contribution in [0.25, 0.3) is 11.3 Å².